The number of hydrogen-bond acceptors (Lipinski definition) is 5. The summed E-state index contributed by atoms with van der Waals surface area (Å²) in [5, 5.41) is 4.57. The molecule has 2 aliphatic carbocycles. The Morgan fingerprint density at radius 3 is 2.77 bits per heavy atom. The van der Waals surface area contributed by atoms with E-state index in [0.29, 0.717) is 18.1 Å². The predicted octanol–water partition coefficient (Wildman–Crippen LogP) is 3.65. The molecule has 4 rings (SSSR count). The highest BCUT2D eigenvalue weighted by atomic mass is 32.1. The van der Waals surface area contributed by atoms with E-state index in [9.17, 15) is 0 Å². The minimum atomic E-state index is 0.301. The van der Waals surface area contributed by atoms with Gasteiger partial charge >= 0.3 is 0 Å². The summed E-state index contributed by atoms with van der Waals surface area (Å²) in [4.78, 5) is 11.6. The lowest BCUT2D eigenvalue weighted by Crippen LogP contribution is -2.34. The van der Waals surface area contributed by atoms with E-state index in [1.165, 1.54) is 41.5 Å². The smallest absolute Gasteiger partial charge is 0.225 e. The summed E-state index contributed by atoms with van der Waals surface area (Å²) in [6.45, 7) is 2.31. The van der Waals surface area contributed by atoms with Crippen molar-refractivity contribution in [3.8, 4) is 5.88 Å². The maximum absolute atomic E-state index is 6.32. The number of rotatable bonds is 3. The molecule has 22 heavy (non-hydrogen) atoms. The average Bonchev–Trinajstić information content (AvgIpc) is 3.08. The number of thiophene rings is 1. The van der Waals surface area contributed by atoms with Crippen molar-refractivity contribution in [2.45, 2.75) is 63.5 Å². The van der Waals surface area contributed by atoms with Gasteiger partial charge < -0.3 is 10.1 Å². The van der Waals surface area contributed by atoms with Crippen LogP contribution in [0, 0.1) is 0 Å². The van der Waals surface area contributed by atoms with Crippen LogP contribution >= 0.6 is 11.3 Å². The molecule has 0 spiro atoms. The Balaban J connectivity index is 1.62. The standard InChI is InChI=1S/C17H23N3OS/c1-10-3-8-13-14(10)15-16(19-9-20-17(15)22-13)21-12-6-4-11(18-2)5-7-12/h9-12,18H,3-8H2,1-2H3/t10-,11?,12?/m0/s1. The molecule has 1 N–H and O–H groups in total. The number of hydrogen-bond donors (Lipinski definition) is 1. The molecule has 1 atom stereocenters. The van der Waals surface area contributed by atoms with Gasteiger partial charge in [0.15, 0.2) is 0 Å². The molecule has 2 heterocycles. The van der Waals surface area contributed by atoms with Crippen molar-refractivity contribution in [1.82, 2.24) is 15.3 Å². The molecule has 1 saturated carbocycles. The number of aryl methyl sites for hydroxylation is 1. The summed E-state index contributed by atoms with van der Waals surface area (Å²) < 4.78 is 6.32. The summed E-state index contributed by atoms with van der Waals surface area (Å²) in [6.07, 6.45) is 8.99. The monoisotopic (exact) mass is 317 g/mol. The molecule has 0 aliphatic heterocycles. The zero-order valence-corrected chi connectivity index (χ0v) is 14.1. The van der Waals surface area contributed by atoms with Gasteiger partial charge in [-0.15, -0.1) is 11.3 Å². The molecule has 0 saturated heterocycles. The topological polar surface area (TPSA) is 47.0 Å². The maximum Gasteiger partial charge on any atom is 0.225 e. The van der Waals surface area contributed by atoms with Crippen LogP contribution in [0.2, 0.25) is 0 Å². The summed E-state index contributed by atoms with van der Waals surface area (Å²) >= 11 is 1.83. The van der Waals surface area contributed by atoms with Crippen molar-refractivity contribution >= 4 is 21.6 Å². The normalized spacial score (nSPS) is 28.0. The predicted molar refractivity (Wildman–Crippen MR) is 89.9 cm³/mol. The first kappa shape index (κ1) is 14.4. The highest BCUT2D eigenvalue weighted by Gasteiger charge is 2.29. The van der Waals surface area contributed by atoms with Crippen LogP contribution in [0.15, 0.2) is 6.33 Å². The minimum Gasteiger partial charge on any atom is -0.474 e. The highest BCUT2D eigenvalue weighted by molar-refractivity contribution is 7.19. The molecule has 2 aromatic heterocycles. The Morgan fingerprint density at radius 2 is 2.00 bits per heavy atom. The Labute approximate surface area is 135 Å². The zero-order valence-electron chi connectivity index (χ0n) is 13.3. The lowest BCUT2D eigenvalue weighted by atomic mass is 9.93. The number of fused-ring (bicyclic) bond motifs is 3. The van der Waals surface area contributed by atoms with Gasteiger partial charge in [-0.1, -0.05) is 6.92 Å². The molecular weight excluding hydrogens is 294 g/mol. The molecule has 1 fully saturated rings. The number of nitrogens with zero attached hydrogens (tertiary/aromatic N) is 2. The van der Waals surface area contributed by atoms with Gasteiger partial charge in [0, 0.05) is 10.9 Å². The molecule has 4 nitrogen and oxygen atoms in total. The fraction of sp³-hybridized carbons (Fsp3) is 0.647. The fourth-order valence-electron chi connectivity index (χ4n) is 3.89. The second-order valence-corrected chi connectivity index (χ2v) is 7.70. The van der Waals surface area contributed by atoms with Gasteiger partial charge in [0.25, 0.3) is 0 Å². The molecule has 2 aromatic rings. The van der Waals surface area contributed by atoms with Crippen LogP contribution in [0.4, 0.5) is 0 Å². The third kappa shape index (κ3) is 2.40. The van der Waals surface area contributed by atoms with Crippen molar-refractivity contribution in [2.24, 2.45) is 0 Å². The maximum atomic E-state index is 6.32. The highest BCUT2D eigenvalue weighted by Crippen LogP contribution is 2.45. The van der Waals surface area contributed by atoms with Gasteiger partial charge in [-0.05, 0) is 57.1 Å². The van der Waals surface area contributed by atoms with Gasteiger partial charge in [0.1, 0.15) is 17.3 Å². The second-order valence-electron chi connectivity index (χ2n) is 6.62. The van der Waals surface area contributed by atoms with Gasteiger partial charge in [-0.25, -0.2) is 9.97 Å². The Bertz CT molecular complexity index is 676. The van der Waals surface area contributed by atoms with E-state index in [-0.39, 0.29) is 0 Å². The quantitative estimate of drug-likeness (QED) is 0.938. The van der Waals surface area contributed by atoms with Crippen molar-refractivity contribution < 1.29 is 4.74 Å². The molecule has 0 unspecified atom stereocenters. The van der Waals surface area contributed by atoms with Gasteiger partial charge in [0.05, 0.1) is 5.39 Å². The van der Waals surface area contributed by atoms with Crippen LogP contribution in [0.3, 0.4) is 0 Å². The van der Waals surface area contributed by atoms with Crippen LogP contribution < -0.4 is 10.1 Å². The van der Waals surface area contributed by atoms with E-state index in [4.69, 9.17) is 4.74 Å². The second kappa shape index (κ2) is 5.78. The van der Waals surface area contributed by atoms with E-state index in [0.717, 1.165) is 23.6 Å². The van der Waals surface area contributed by atoms with E-state index >= 15 is 0 Å². The van der Waals surface area contributed by atoms with Crippen LogP contribution in [0.25, 0.3) is 10.2 Å². The molecule has 0 amide bonds. The van der Waals surface area contributed by atoms with E-state index in [1.807, 2.05) is 11.3 Å². The van der Waals surface area contributed by atoms with Gasteiger partial charge in [0.2, 0.25) is 5.88 Å². The van der Waals surface area contributed by atoms with Gasteiger partial charge in [-0.3, -0.25) is 0 Å². The molecule has 0 radical (unpaired) electrons. The van der Waals surface area contributed by atoms with Crippen LogP contribution in [0.5, 0.6) is 5.88 Å². The molecule has 0 aromatic carbocycles. The fourth-order valence-corrected chi connectivity index (χ4v) is 5.15. The first-order valence-electron chi connectivity index (χ1n) is 8.36. The Morgan fingerprint density at radius 1 is 1.18 bits per heavy atom. The van der Waals surface area contributed by atoms with Crippen LogP contribution in [-0.4, -0.2) is 29.2 Å². The first-order valence-corrected chi connectivity index (χ1v) is 9.18. The lowest BCUT2D eigenvalue weighted by Gasteiger charge is -2.28. The summed E-state index contributed by atoms with van der Waals surface area (Å²) in [5.41, 5.74) is 1.46. The van der Waals surface area contributed by atoms with Crippen molar-refractivity contribution in [3.05, 3.63) is 16.8 Å². The number of ether oxygens (including phenoxy) is 1. The molecule has 2 aliphatic rings. The third-order valence-corrected chi connectivity index (χ3v) is 6.40. The van der Waals surface area contributed by atoms with Gasteiger partial charge in [-0.2, -0.15) is 0 Å². The zero-order chi connectivity index (χ0) is 15.1. The largest absolute Gasteiger partial charge is 0.474 e. The van der Waals surface area contributed by atoms with Crippen LogP contribution in [-0.2, 0) is 6.42 Å². The molecule has 5 heteroatoms. The van der Waals surface area contributed by atoms with E-state index in [1.54, 1.807) is 6.33 Å². The molecule has 118 valence electrons. The van der Waals surface area contributed by atoms with Crippen LogP contribution in [0.1, 0.15) is 55.4 Å². The summed E-state index contributed by atoms with van der Waals surface area (Å²) in [6, 6.07) is 0.649. The number of nitrogens with one attached hydrogen (secondary N) is 1. The van der Waals surface area contributed by atoms with Crippen molar-refractivity contribution in [2.75, 3.05) is 7.05 Å². The molecule has 0 bridgehead atoms. The first-order chi connectivity index (χ1) is 10.8. The minimum absolute atomic E-state index is 0.301. The average molecular weight is 317 g/mol. The lowest BCUT2D eigenvalue weighted by molar-refractivity contribution is 0.137. The SMILES string of the molecule is CNC1CCC(Oc2ncnc3sc4c(c23)[C@@H](C)CC4)CC1. The molecular formula is C17H23N3OS. The van der Waals surface area contributed by atoms with Crippen molar-refractivity contribution in [1.29, 1.82) is 0 Å². The van der Waals surface area contributed by atoms with E-state index < -0.39 is 0 Å². The Hall–Kier alpha value is -1.20. The van der Waals surface area contributed by atoms with Crippen molar-refractivity contribution in [3.63, 3.8) is 0 Å². The van der Waals surface area contributed by atoms with E-state index in [2.05, 4.69) is 29.3 Å². The third-order valence-electron chi connectivity index (χ3n) is 5.23. The number of aromatic nitrogens is 2. The summed E-state index contributed by atoms with van der Waals surface area (Å²) in [5.74, 6) is 1.43. The summed E-state index contributed by atoms with van der Waals surface area (Å²) in [7, 11) is 2.05. The Kier molecular flexibility index (Phi) is 3.78.